The van der Waals surface area contributed by atoms with Crippen LogP contribution in [0.1, 0.15) is 0 Å². The zero-order chi connectivity index (χ0) is 15.5. The van der Waals surface area contributed by atoms with Crippen molar-refractivity contribution in [2.24, 2.45) is 0 Å². The maximum absolute atomic E-state index is 12.2. The normalized spacial score (nSPS) is 11.6. The molecular formula is C12H15ClN4O2S2. The van der Waals surface area contributed by atoms with E-state index in [0.29, 0.717) is 17.1 Å². The molecule has 6 nitrogen and oxygen atoms in total. The second-order valence-corrected chi connectivity index (χ2v) is 7.70. The van der Waals surface area contributed by atoms with Crippen LogP contribution in [0, 0.1) is 0 Å². The lowest BCUT2D eigenvalue weighted by atomic mass is 10.4. The predicted molar refractivity (Wildman–Crippen MR) is 86.9 cm³/mol. The number of nitrogens with zero attached hydrogens (tertiary/aromatic N) is 4. The van der Waals surface area contributed by atoms with Crippen molar-refractivity contribution in [2.75, 3.05) is 29.1 Å². The van der Waals surface area contributed by atoms with E-state index in [1.54, 1.807) is 24.7 Å². The van der Waals surface area contributed by atoms with Crippen LogP contribution >= 0.6 is 23.4 Å². The Kier molecular flexibility index (Phi) is 5.13. The van der Waals surface area contributed by atoms with Crippen LogP contribution < -0.4 is 4.31 Å². The number of hydrogen-bond donors (Lipinski definition) is 0. The molecule has 0 aliphatic rings. The number of pyridine rings is 1. The molecule has 21 heavy (non-hydrogen) atoms. The number of halogens is 1. The Bertz CT molecular complexity index is 703. The summed E-state index contributed by atoms with van der Waals surface area (Å²) in [5.41, 5.74) is 1.06. The van der Waals surface area contributed by atoms with Crippen LogP contribution in [0.4, 0.5) is 5.69 Å². The molecule has 0 atom stereocenters. The Morgan fingerprint density at radius 2 is 2.24 bits per heavy atom. The molecule has 0 saturated heterocycles. The summed E-state index contributed by atoms with van der Waals surface area (Å²) in [6.45, 7) is 0. The number of sulfonamides is 1. The highest BCUT2D eigenvalue weighted by atomic mass is 35.5. The van der Waals surface area contributed by atoms with Gasteiger partial charge in [-0.1, -0.05) is 11.6 Å². The average Bonchev–Trinajstić information content (AvgIpc) is 2.87. The summed E-state index contributed by atoms with van der Waals surface area (Å²) in [6.07, 6.45) is 6.71. The second kappa shape index (κ2) is 6.67. The molecule has 2 aromatic rings. The van der Waals surface area contributed by atoms with Gasteiger partial charge in [-0.25, -0.2) is 13.1 Å². The van der Waals surface area contributed by atoms with E-state index in [9.17, 15) is 8.42 Å². The lowest BCUT2D eigenvalue weighted by Gasteiger charge is -2.17. The summed E-state index contributed by atoms with van der Waals surface area (Å²) in [4.78, 5) is 4.00. The van der Waals surface area contributed by atoms with Crippen molar-refractivity contribution >= 4 is 39.1 Å². The smallest absolute Gasteiger partial charge is 0.235 e. The van der Waals surface area contributed by atoms with Gasteiger partial charge in [0.05, 0.1) is 23.8 Å². The van der Waals surface area contributed by atoms with E-state index in [0.717, 1.165) is 0 Å². The zero-order valence-electron chi connectivity index (χ0n) is 11.6. The van der Waals surface area contributed by atoms with Gasteiger partial charge in [-0.05, 0) is 18.4 Å². The van der Waals surface area contributed by atoms with Gasteiger partial charge in [-0.3, -0.25) is 9.29 Å². The molecule has 114 valence electrons. The van der Waals surface area contributed by atoms with E-state index in [2.05, 4.69) is 10.1 Å². The molecular weight excluding hydrogens is 332 g/mol. The van der Waals surface area contributed by atoms with Crippen LogP contribution in [-0.4, -0.2) is 48.0 Å². The monoisotopic (exact) mass is 346 g/mol. The third-order valence-electron chi connectivity index (χ3n) is 2.86. The molecule has 0 spiro atoms. The molecule has 0 unspecified atom stereocenters. The van der Waals surface area contributed by atoms with Gasteiger partial charge in [0.15, 0.2) is 5.15 Å². The van der Waals surface area contributed by atoms with Crippen LogP contribution in [0.25, 0.3) is 5.69 Å². The summed E-state index contributed by atoms with van der Waals surface area (Å²) >= 11 is 7.55. The molecule has 0 fully saturated rings. The molecule has 0 aliphatic carbocycles. The van der Waals surface area contributed by atoms with Gasteiger partial charge in [-0.15, -0.1) is 0 Å². The van der Waals surface area contributed by atoms with E-state index in [-0.39, 0.29) is 10.9 Å². The van der Waals surface area contributed by atoms with Crippen molar-refractivity contribution in [2.45, 2.75) is 0 Å². The first-order valence-corrected chi connectivity index (χ1v) is 9.45. The van der Waals surface area contributed by atoms with Gasteiger partial charge in [0, 0.05) is 19.0 Å². The van der Waals surface area contributed by atoms with Crippen molar-refractivity contribution < 1.29 is 8.42 Å². The lowest BCUT2D eigenvalue weighted by Crippen LogP contribution is -2.29. The van der Waals surface area contributed by atoms with Gasteiger partial charge in [0.25, 0.3) is 0 Å². The molecule has 0 amide bonds. The Hall–Kier alpha value is -1.25. The third-order valence-corrected chi connectivity index (χ3v) is 5.76. The average molecular weight is 347 g/mol. The van der Waals surface area contributed by atoms with Gasteiger partial charge in [0.1, 0.15) is 5.69 Å². The molecule has 0 N–H and O–H groups in total. The van der Waals surface area contributed by atoms with E-state index >= 15 is 0 Å². The quantitative estimate of drug-likeness (QED) is 0.800. The van der Waals surface area contributed by atoms with Gasteiger partial charge < -0.3 is 0 Å². The minimum Gasteiger partial charge on any atom is -0.269 e. The topological polar surface area (TPSA) is 68.1 Å². The van der Waals surface area contributed by atoms with Crippen molar-refractivity contribution in [3.05, 3.63) is 35.9 Å². The summed E-state index contributed by atoms with van der Waals surface area (Å²) < 4.78 is 27.1. The Labute approximate surface area is 133 Å². The van der Waals surface area contributed by atoms with Crippen molar-refractivity contribution in [1.29, 1.82) is 0 Å². The molecule has 2 aromatic heterocycles. The molecule has 2 rings (SSSR count). The molecule has 0 aliphatic heterocycles. The fourth-order valence-corrected chi connectivity index (χ4v) is 4.18. The molecule has 0 bridgehead atoms. The second-order valence-electron chi connectivity index (χ2n) is 4.24. The minimum atomic E-state index is -3.41. The summed E-state index contributed by atoms with van der Waals surface area (Å²) in [6, 6.07) is 3.58. The maximum Gasteiger partial charge on any atom is 0.235 e. The predicted octanol–water partition coefficient (Wildman–Crippen LogP) is 2.05. The molecule has 2 heterocycles. The molecule has 9 heteroatoms. The standard InChI is InChI=1S/C12H15ClN4O2S2/c1-16(21(18,19)7-6-20-2)11-9-17(15-12(11)13)10-4-3-5-14-8-10/h3-5,8-9H,6-7H2,1-2H3. The molecule has 0 radical (unpaired) electrons. The summed E-state index contributed by atoms with van der Waals surface area (Å²) in [5.74, 6) is 0.583. The highest BCUT2D eigenvalue weighted by Gasteiger charge is 2.22. The maximum atomic E-state index is 12.2. The fourth-order valence-electron chi connectivity index (χ4n) is 1.65. The highest BCUT2D eigenvalue weighted by Crippen LogP contribution is 2.27. The number of anilines is 1. The number of rotatable bonds is 6. The van der Waals surface area contributed by atoms with Crippen molar-refractivity contribution in [1.82, 2.24) is 14.8 Å². The number of hydrogen-bond acceptors (Lipinski definition) is 5. The number of thioether (sulfide) groups is 1. The highest BCUT2D eigenvalue weighted by molar-refractivity contribution is 8.00. The van der Waals surface area contributed by atoms with Gasteiger partial charge in [0.2, 0.25) is 10.0 Å². The zero-order valence-corrected chi connectivity index (χ0v) is 14.0. The van der Waals surface area contributed by atoms with Crippen LogP contribution in [0.3, 0.4) is 0 Å². The van der Waals surface area contributed by atoms with Crippen LogP contribution in [-0.2, 0) is 10.0 Å². The summed E-state index contributed by atoms with van der Waals surface area (Å²) in [5, 5.41) is 4.26. The van der Waals surface area contributed by atoms with Gasteiger partial charge >= 0.3 is 0 Å². The first-order valence-electron chi connectivity index (χ1n) is 6.07. The van der Waals surface area contributed by atoms with E-state index in [4.69, 9.17) is 11.6 Å². The van der Waals surface area contributed by atoms with E-state index < -0.39 is 10.0 Å². The third kappa shape index (κ3) is 3.69. The fraction of sp³-hybridized carbons (Fsp3) is 0.333. The van der Waals surface area contributed by atoms with E-state index in [1.165, 1.54) is 27.8 Å². The lowest BCUT2D eigenvalue weighted by molar-refractivity contribution is 0.596. The number of aromatic nitrogens is 3. The first-order chi connectivity index (χ1) is 9.95. The molecule has 0 saturated carbocycles. The van der Waals surface area contributed by atoms with Gasteiger partial charge in [-0.2, -0.15) is 16.9 Å². The van der Waals surface area contributed by atoms with Crippen LogP contribution in [0.15, 0.2) is 30.7 Å². The van der Waals surface area contributed by atoms with Crippen molar-refractivity contribution in [3.63, 3.8) is 0 Å². The Morgan fingerprint density at radius 3 is 2.86 bits per heavy atom. The van der Waals surface area contributed by atoms with Crippen LogP contribution in [0.5, 0.6) is 0 Å². The Morgan fingerprint density at radius 1 is 1.48 bits per heavy atom. The summed E-state index contributed by atoms with van der Waals surface area (Å²) in [7, 11) is -1.93. The SMILES string of the molecule is CSCCS(=O)(=O)N(C)c1cn(-c2cccnc2)nc1Cl. The van der Waals surface area contributed by atoms with Crippen LogP contribution in [0.2, 0.25) is 5.15 Å². The van der Waals surface area contributed by atoms with E-state index in [1.807, 2.05) is 12.3 Å². The first kappa shape index (κ1) is 16.1. The van der Waals surface area contributed by atoms with Crippen molar-refractivity contribution in [3.8, 4) is 5.69 Å². The minimum absolute atomic E-state index is 0.0546. The molecule has 0 aromatic carbocycles. The largest absolute Gasteiger partial charge is 0.269 e. The Balaban J connectivity index is 2.31.